The predicted molar refractivity (Wildman–Crippen MR) is 87.7 cm³/mol. The maximum Gasteiger partial charge on any atom is 0.225 e. The minimum atomic E-state index is -0.424. The molecule has 4 nitrogen and oxygen atoms in total. The fourth-order valence-electron chi connectivity index (χ4n) is 1.69. The Balaban J connectivity index is 2.38. The van der Waals surface area contributed by atoms with Crippen LogP contribution < -0.4 is 5.32 Å². The van der Waals surface area contributed by atoms with Crippen LogP contribution in [-0.2, 0) is 16.1 Å². The molecule has 0 unspecified atom stereocenters. The number of nitrogens with zero attached hydrogens (tertiary/aromatic N) is 1. The van der Waals surface area contributed by atoms with Gasteiger partial charge < -0.3 is 10.2 Å². The molecule has 1 N–H and O–H groups in total. The Morgan fingerprint density at radius 1 is 1.19 bits per heavy atom. The van der Waals surface area contributed by atoms with Gasteiger partial charge in [-0.2, -0.15) is 0 Å². The first-order valence-electron chi connectivity index (χ1n) is 6.97. The van der Waals surface area contributed by atoms with E-state index in [4.69, 9.17) is 0 Å². The summed E-state index contributed by atoms with van der Waals surface area (Å²) in [5.41, 5.74) is 0.652. The summed E-state index contributed by atoms with van der Waals surface area (Å²) in [6.45, 7) is 6.50. The molecule has 0 aromatic heterocycles. The van der Waals surface area contributed by atoms with Crippen molar-refractivity contribution in [2.45, 2.75) is 33.7 Å². The van der Waals surface area contributed by atoms with Crippen LogP contribution in [-0.4, -0.2) is 30.3 Å². The lowest BCUT2D eigenvalue weighted by molar-refractivity contribution is -0.131. The molecule has 116 valence electrons. The zero-order chi connectivity index (χ0) is 16.0. The van der Waals surface area contributed by atoms with Gasteiger partial charge >= 0.3 is 0 Å². The third-order valence-electron chi connectivity index (χ3n) is 3.06. The van der Waals surface area contributed by atoms with Crippen LogP contribution in [0.15, 0.2) is 28.7 Å². The van der Waals surface area contributed by atoms with Gasteiger partial charge in [0.2, 0.25) is 11.8 Å². The molecule has 0 bridgehead atoms. The lowest BCUT2D eigenvalue weighted by Gasteiger charge is -2.20. The molecular weight excluding hydrogens is 332 g/mol. The topological polar surface area (TPSA) is 49.4 Å². The van der Waals surface area contributed by atoms with Crippen LogP contribution in [0.3, 0.4) is 0 Å². The lowest BCUT2D eigenvalue weighted by atomic mass is 9.96. The van der Waals surface area contributed by atoms with Crippen molar-refractivity contribution in [3.05, 3.63) is 34.3 Å². The predicted octanol–water partition coefficient (Wildman–Crippen LogP) is 2.96. The summed E-state index contributed by atoms with van der Waals surface area (Å²) >= 11 is 3.38. The molecule has 0 radical (unpaired) electrons. The highest BCUT2D eigenvalue weighted by Gasteiger charge is 2.20. The highest BCUT2D eigenvalue weighted by molar-refractivity contribution is 9.10. The van der Waals surface area contributed by atoms with Crippen molar-refractivity contribution >= 4 is 27.7 Å². The molecule has 0 fully saturated rings. The highest BCUT2D eigenvalue weighted by atomic mass is 79.9. The van der Waals surface area contributed by atoms with Crippen LogP contribution in [0.5, 0.6) is 0 Å². The summed E-state index contributed by atoms with van der Waals surface area (Å²) in [6.07, 6.45) is 0.314. The van der Waals surface area contributed by atoms with Crippen molar-refractivity contribution < 1.29 is 9.59 Å². The Kier molecular flexibility index (Phi) is 6.40. The first-order chi connectivity index (χ1) is 9.70. The third-order valence-corrected chi connectivity index (χ3v) is 3.59. The van der Waals surface area contributed by atoms with E-state index in [0.29, 0.717) is 19.5 Å². The van der Waals surface area contributed by atoms with Crippen molar-refractivity contribution in [3.63, 3.8) is 0 Å². The Bertz CT molecular complexity index is 492. The Morgan fingerprint density at radius 3 is 2.29 bits per heavy atom. The van der Waals surface area contributed by atoms with Gasteiger partial charge in [-0.15, -0.1) is 0 Å². The molecule has 0 aliphatic carbocycles. The molecule has 2 amide bonds. The van der Waals surface area contributed by atoms with Crippen LogP contribution >= 0.6 is 15.9 Å². The van der Waals surface area contributed by atoms with Crippen LogP contribution in [0, 0.1) is 5.41 Å². The van der Waals surface area contributed by atoms with Crippen molar-refractivity contribution in [1.29, 1.82) is 0 Å². The Hall–Kier alpha value is -1.36. The monoisotopic (exact) mass is 354 g/mol. The maximum absolute atomic E-state index is 12.0. The van der Waals surface area contributed by atoms with Gasteiger partial charge in [-0.25, -0.2) is 0 Å². The highest BCUT2D eigenvalue weighted by Crippen LogP contribution is 2.13. The summed E-state index contributed by atoms with van der Waals surface area (Å²) in [5, 5.41) is 2.79. The summed E-state index contributed by atoms with van der Waals surface area (Å²) < 4.78 is 1.02. The zero-order valence-corrected chi connectivity index (χ0v) is 14.7. The average Bonchev–Trinajstić information content (AvgIpc) is 2.40. The van der Waals surface area contributed by atoms with Gasteiger partial charge in [-0.3, -0.25) is 9.59 Å². The second-order valence-electron chi connectivity index (χ2n) is 6.13. The zero-order valence-electron chi connectivity index (χ0n) is 13.1. The van der Waals surface area contributed by atoms with Crippen molar-refractivity contribution in [2.24, 2.45) is 5.41 Å². The summed E-state index contributed by atoms with van der Waals surface area (Å²) in [5.74, 6) is -0.0157. The molecule has 1 aromatic carbocycles. The lowest BCUT2D eigenvalue weighted by Crippen LogP contribution is -2.37. The Morgan fingerprint density at radius 2 is 1.76 bits per heavy atom. The van der Waals surface area contributed by atoms with Gasteiger partial charge in [0.25, 0.3) is 0 Å². The third kappa shape index (κ3) is 6.29. The Labute approximate surface area is 135 Å². The number of amides is 2. The van der Waals surface area contributed by atoms with Crippen LogP contribution in [0.2, 0.25) is 0 Å². The fourth-order valence-corrected chi connectivity index (χ4v) is 1.96. The van der Waals surface area contributed by atoms with Gasteiger partial charge in [0, 0.05) is 36.4 Å². The van der Waals surface area contributed by atoms with Crippen molar-refractivity contribution in [2.75, 3.05) is 13.6 Å². The maximum atomic E-state index is 12.0. The molecule has 1 aromatic rings. The van der Waals surface area contributed by atoms with E-state index < -0.39 is 5.41 Å². The van der Waals surface area contributed by atoms with E-state index in [1.807, 2.05) is 45.0 Å². The number of nitrogens with one attached hydrogen (secondary N) is 1. The molecule has 21 heavy (non-hydrogen) atoms. The van der Waals surface area contributed by atoms with Gasteiger partial charge in [0.15, 0.2) is 0 Å². The van der Waals surface area contributed by atoms with Crippen LogP contribution in [0.4, 0.5) is 0 Å². The fraction of sp³-hybridized carbons (Fsp3) is 0.500. The van der Waals surface area contributed by atoms with Gasteiger partial charge in [-0.1, -0.05) is 48.8 Å². The summed E-state index contributed by atoms with van der Waals surface area (Å²) in [4.78, 5) is 25.4. The molecule has 5 heteroatoms. The van der Waals surface area contributed by atoms with Crippen molar-refractivity contribution in [3.8, 4) is 0 Å². The van der Waals surface area contributed by atoms with Gasteiger partial charge in [0.05, 0.1) is 0 Å². The van der Waals surface area contributed by atoms with E-state index >= 15 is 0 Å². The van der Waals surface area contributed by atoms with E-state index in [1.54, 1.807) is 11.9 Å². The number of hydrogen-bond donors (Lipinski definition) is 1. The minimum Gasteiger partial charge on any atom is -0.355 e. The summed E-state index contributed by atoms with van der Waals surface area (Å²) in [7, 11) is 1.77. The van der Waals surface area contributed by atoms with E-state index in [1.165, 1.54) is 0 Å². The quantitative estimate of drug-likeness (QED) is 0.883. The number of hydrogen-bond acceptors (Lipinski definition) is 2. The van der Waals surface area contributed by atoms with Crippen LogP contribution in [0.25, 0.3) is 0 Å². The molecule has 0 aliphatic rings. The average molecular weight is 355 g/mol. The first kappa shape index (κ1) is 17.7. The number of carbonyl (C=O) groups excluding carboxylic acids is 2. The van der Waals surface area contributed by atoms with Gasteiger partial charge in [0.1, 0.15) is 0 Å². The van der Waals surface area contributed by atoms with Crippen molar-refractivity contribution in [1.82, 2.24) is 10.2 Å². The molecule has 1 rings (SSSR count). The second kappa shape index (κ2) is 7.59. The minimum absolute atomic E-state index is 0.0205. The molecule has 0 heterocycles. The molecular formula is C16H23BrN2O2. The molecule has 0 atom stereocenters. The standard InChI is InChI=1S/C16H23BrN2O2/c1-16(2,3)15(21)18-10-9-14(20)19(4)11-12-5-7-13(17)8-6-12/h5-8H,9-11H2,1-4H3,(H,18,21). The van der Waals surface area contributed by atoms with Crippen LogP contribution in [0.1, 0.15) is 32.8 Å². The van der Waals surface area contributed by atoms with E-state index in [-0.39, 0.29) is 11.8 Å². The SMILES string of the molecule is CN(Cc1ccc(Br)cc1)C(=O)CCNC(=O)C(C)(C)C. The molecule has 0 saturated carbocycles. The second-order valence-corrected chi connectivity index (χ2v) is 7.05. The van der Waals surface area contributed by atoms with E-state index in [0.717, 1.165) is 10.0 Å². The molecule has 0 spiro atoms. The summed E-state index contributed by atoms with van der Waals surface area (Å²) in [6, 6.07) is 7.87. The number of rotatable bonds is 5. The van der Waals surface area contributed by atoms with E-state index in [2.05, 4.69) is 21.2 Å². The largest absolute Gasteiger partial charge is 0.355 e. The number of benzene rings is 1. The van der Waals surface area contributed by atoms with Gasteiger partial charge in [-0.05, 0) is 17.7 Å². The number of halogens is 1. The first-order valence-corrected chi connectivity index (χ1v) is 7.76. The normalized spacial score (nSPS) is 11.1. The molecule has 0 aliphatic heterocycles. The smallest absolute Gasteiger partial charge is 0.225 e. The number of carbonyl (C=O) groups is 2. The van der Waals surface area contributed by atoms with E-state index in [9.17, 15) is 9.59 Å². The molecule has 0 saturated heterocycles.